The van der Waals surface area contributed by atoms with Crippen LogP contribution in [0.5, 0.6) is 0 Å². The van der Waals surface area contributed by atoms with E-state index in [4.69, 9.17) is 0 Å². The van der Waals surface area contributed by atoms with Gasteiger partial charge in [0, 0.05) is 32.0 Å². The van der Waals surface area contributed by atoms with Gasteiger partial charge in [0.2, 0.25) is 0 Å². The zero-order chi connectivity index (χ0) is 12.1. The minimum atomic E-state index is -0.0866. The lowest BCUT2D eigenvalue weighted by Crippen LogP contribution is -2.33. The Labute approximate surface area is 104 Å². The molecular weight excluding hydrogens is 212 g/mol. The topological polar surface area (TPSA) is 37.2 Å². The van der Waals surface area contributed by atoms with E-state index in [-0.39, 0.29) is 6.10 Å². The summed E-state index contributed by atoms with van der Waals surface area (Å²) in [4.78, 5) is 0. The molecule has 1 aromatic heterocycles. The first-order valence-corrected chi connectivity index (χ1v) is 6.83. The van der Waals surface area contributed by atoms with E-state index >= 15 is 0 Å². The van der Waals surface area contributed by atoms with Crippen molar-refractivity contribution in [1.82, 2.24) is 9.88 Å². The molecule has 3 nitrogen and oxygen atoms in total. The predicted octanol–water partition coefficient (Wildman–Crippen LogP) is 2.15. The fraction of sp³-hybridized carbons (Fsp3) is 0.714. The summed E-state index contributed by atoms with van der Waals surface area (Å²) in [5, 5.41) is 13.3. The Hall–Kier alpha value is -0.800. The third-order valence-corrected chi connectivity index (χ3v) is 3.78. The van der Waals surface area contributed by atoms with Gasteiger partial charge in [-0.15, -0.1) is 0 Å². The van der Waals surface area contributed by atoms with Gasteiger partial charge in [0.1, 0.15) is 0 Å². The van der Waals surface area contributed by atoms with Crippen molar-refractivity contribution in [2.24, 2.45) is 5.92 Å². The van der Waals surface area contributed by atoms with Crippen molar-refractivity contribution < 1.29 is 5.11 Å². The highest BCUT2D eigenvalue weighted by Crippen LogP contribution is 2.23. The molecule has 2 N–H and O–H groups in total. The molecule has 2 rings (SSSR count). The van der Waals surface area contributed by atoms with Gasteiger partial charge in [0.25, 0.3) is 0 Å². The Morgan fingerprint density at radius 1 is 1.41 bits per heavy atom. The van der Waals surface area contributed by atoms with Gasteiger partial charge >= 0.3 is 0 Å². The molecule has 0 aromatic carbocycles. The van der Waals surface area contributed by atoms with Gasteiger partial charge in [0.05, 0.1) is 6.10 Å². The highest BCUT2D eigenvalue weighted by Gasteiger charge is 2.22. The van der Waals surface area contributed by atoms with E-state index < -0.39 is 0 Å². The zero-order valence-electron chi connectivity index (χ0n) is 10.7. The van der Waals surface area contributed by atoms with Gasteiger partial charge in [0.15, 0.2) is 0 Å². The number of aryl methyl sites for hydroxylation is 1. The molecular formula is C14H24N2O. The van der Waals surface area contributed by atoms with Gasteiger partial charge in [-0.3, -0.25) is 0 Å². The second kappa shape index (κ2) is 6.22. The van der Waals surface area contributed by atoms with Crippen LogP contribution < -0.4 is 5.32 Å². The van der Waals surface area contributed by atoms with Crippen LogP contribution in [0, 0.1) is 5.92 Å². The minimum absolute atomic E-state index is 0.0866. The third kappa shape index (κ3) is 3.58. The van der Waals surface area contributed by atoms with E-state index in [9.17, 15) is 5.11 Å². The monoisotopic (exact) mass is 236 g/mol. The van der Waals surface area contributed by atoms with Gasteiger partial charge in [-0.1, -0.05) is 12.8 Å². The lowest BCUT2D eigenvalue weighted by atomic mass is 9.86. The van der Waals surface area contributed by atoms with Gasteiger partial charge in [-0.2, -0.15) is 0 Å². The van der Waals surface area contributed by atoms with Crippen LogP contribution in [-0.2, 0) is 13.1 Å². The lowest BCUT2D eigenvalue weighted by Gasteiger charge is -2.27. The number of aliphatic hydroxyl groups excluding tert-OH is 1. The first kappa shape index (κ1) is 12.7. The van der Waals surface area contributed by atoms with E-state index in [0.29, 0.717) is 5.92 Å². The Bertz CT molecular complexity index is 335. The van der Waals surface area contributed by atoms with Gasteiger partial charge in [-0.25, -0.2) is 0 Å². The largest absolute Gasteiger partial charge is 0.393 e. The molecule has 0 spiro atoms. The van der Waals surface area contributed by atoms with Gasteiger partial charge in [-0.05, 0) is 37.3 Å². The smallest absolute Gasteiger partial charge is 0.0580 e. The summed E-state index contributed by atoms with van der Waals surface area (Å²) in [6.45, 7) is 5.03. The number of nitrogens with one attached hydrogen (secondary N) is 1. The summed E-state index contributed by atoms with van der Waals surface area (Å²) in [7, 11) is 0. The van der Waals surface area contributed by atoms with Crippen LogP contribution in [0.2, 0.25) is 0 Å². The summed E-state index contributed by atoms with van der Waals surface area (Å²) in [6, 6.07) is 2.16. The summed E-state index contributed by atoms with van der Waals surface area (Å²) in [5.41, 5.74) is 1.33. The number of rotatable bonds is 5. The molecule has 17 heavy (non-hydrogen) atoms. The van der Waals surface area contributed by atoms with Gasteiger partial charge < -0.3 is 15.0 Å². The summed E-state index contributed by atoms with van der Waals surface area (Å²) < 4.78 is 2.19. The summed E-state index contributed by atoms with van der Waals surface area (Å²) in [5.74, 6) is 0.456. The second-order valence-corrected chi connectivity index (χ2v) is 5.09. The Morgan fingerprint density at radius 2 is 2.24 bits per heavy atom. The molecule has 1 aliphatic carbocycles. The SMILES string of the molecule is CCn1ccc(CNCC2CCCCC2O)c1. The lowest BCUT2D eigenvalue weighted by molar-refractivity contribution is 0.0695. The number of aromatic nitrogens is 1. The Balaban J connectivity index is 1.71. The highest BCUT2D eigenvalue weighted by molar-refractivity contribution is 5.09. The number of aliphatic hydroxyl groups is 1. The van der Waals surface area contributed by atoms with Crippen LogP contribution in [0.4, 0.5) is 0 Å². The van der Waals surface area contributed by atoms with Crippen molar-refractivity contribution in [2.45, 2.75) is 51.8 Å². The molecule has 2 atom stereocenters. The van der Waals surface area contributed by atoms with Crippen molar-refractivity contribution in [3.8, 4) is 0 Å². The average Bonchev–Trinajstić information content (AvgIpc) is 2.80. The highest BCUT2D eigenvalue weighted by atomic mass is 16.3. The predicted molar refractivity (Wildman–Crippen MR) is 69.8 cm³/mol. The molecule has 1 aliphatic rings. The Morgan fingerprint density at radius 3 is 2.94 bits per heavy atom. The standard InChI is InChI=1S/C14H24N2O/c1-2-16-8-7-12(11-16)9-15-10-13-5-3-4-6-14(13)17/h7-8,11,13-15,17H,2-6,9-10H2,1H3. The zero-order valence-corrected chi connectivity index (χ0v) is 10.7. The van der Waals surface area contributed by atoms with E-state index in [1.54, 1.807) is 0 Å². The molecule has 1 aromatic rings. The molecule has 96 valence electrons. The summed E-state index contributed by atoms with van der Waals surface area (Å²) in [6.07, 6.45) is 8.84. The maximum atomic E-state index is 9.86. The molecule has 3 heteroatoms. The van der Waals surface area contributed by atoms with Crippen LogP contribution in [0.25, 0.3) is 0 Å². The molecule has 1 heterocycles. The van der Waals surface area contributed by atoms with Crippen molar-refractivity contribution in [3.05, 3.63) is 24.0 Å². The first-order chi connectivity index (χ1) is 8.29. The fourth-order valence-corrected chi connectivity index (χ4v) is 2.62. The quantitative estimate of drug-likeness (QED) is 0.822. The number of hydrogen-bond acceptors (Lipinski definition) is 2. The van der Waals surface area contributed by atoms with Crippen LogP contribution >= 0.6 is 0 Å². The van der Waals surface area contributed by atoms with Crippen molar-refractivity contribution in [3.63, 3.8) is 0 Å². The normalized spacial score (nSPS) is 25.1. The van der Waals surface area contributed by atoms with Crippen LogP contribution in [0.3, 0.4) is 0 Å². The molecule has 1 saturated carbocycles. The molecule has 0 amide bonds. The second-order valence-electron chi connectivity index (χ2n) is 5.09. The molecule has 0 saturated heterocycles. The maximum absolute atomic E-state index is 9.86. The number of nitrogens with zero attached hydrogens (tertiary/aromatic N) is 1. The number of hydrogen-bond donors (Lipinski definition) is 2. The van der Waals surface area contributed by atoms with Crippen LogP contribution in [-0.4, -0.2) is 22.3 Å². The fourth-order valence-electron chi connectivity index (χ4n) is 2.62. The van der Waals surface area contributed by atoms with E-state index in [2.05, 4.69) is 35.3 Å². The molecule has 0 aliphatic heterocycles. The van der Waals surface area contributed by atoms with Crippen molar-refractivity contribution >= 4 is 0 Å². The molecule has 0 radical (unpaired) electrons. The average molecular weight is 236 g/mol. The van der Waals surface area contributed by atoms with Crippen molar-refractivity contribution in [2.75, 3.05) is 6.54 Å². The van der Waals surface area contributed by atoms with E-state index in [1.165, 1.54) is 24.8 Å². The summed E-state index contributed by atoms with van der Waals surface area (Å²) >= 11 is 0. The van der Waals surface area contributed by atoms with E-state index in [1.807, 2.05) is 0 Å². The minimum Gasteiger partial charge on any atom is -0.393 e. The third-order valence-electron chi connectivity index (χ3n) is 3.78. The first-order valence-electron chi connectivity index (χ1n) is 6.83. The molecule has 1 fully saturated rings. The van der Waals surface area contributed by atoms with Crippen molar-refractivity contribution in [1.29, 1.82) is 0 Å². The van der Waals surface area contributed by atoms with Crippen LogP contribution in [0.1, 0.15) is 38.2 Å². The van der Waals surface area contributed by atoms with E-state index in [0.717, 1.165) is 26.1 Å². The molecule has 0 bridgehead atoms. The van der Waals surface area contributed by atoms with Crippen LogP contribution in [0.15, 0.2) is 18.5 Å². The maximum Gasteiger partial charge on any atom is 0.0580 e. The molecule has 2 unspecified atom stereocenters. The Kier molecular flexibility index (Phi) is 4.63.